The number of carboxylic acids is 1. The lowest BCUT2D eigenvalue weighted by atomic mass is 9.72. The van der Waals surface area contributed by atoms with Crippen LogP contribution in [0.1, 0.15) is 47.5 Å². The molecule has 0 amide bonds. The zero-order valence-electron chi connectivity index (χ0n) is 20.6. The van der Waals surface area contributed by atoms with Crippen molar-refractivity contribution >= 4 is 17.7 Å². The average molecular weight is 490 g/mol. The molecule has 1 heterocycles. The van der Waals surface area contributed by atoms with Gasteiger partial charge in [0, 0.05) is 12.5 Å². The number of rotatable bonds is 7. The summed E-state index contributed by atoms with van der Waals surface area (Å²) in [5.74, 6) is -2.59. The Balaban J connectivity index is 2.01. The van der Waals surface area contributed by atoms with Crippen LogP contribution < -0.4 is 5.11 Å². The minimum atomic E-state index is -1.96. The predicted molar refractivity (Wildman–Crippen MR) is 124 cm³/mol. The number of ketones is 1. The fourth-order valence-electron chi connectivity index (χ4n) is 3.90. The lowest BCUT2D eigenvalue weighted by Gasteiger charge is -2.39. The van der Waals surface area contributed by atoms with Gasteiger partial charge in [0.15, 0.2) is 5.78 Å². The molecule has 9 heteroatoms. The molecule has 1 aliphatic carbocycles. The third kappa shape index (κ3) is 7.32. The van der Waals surface area contributed by atoms with Crippen molar-refractivity contribution in [3.63, 3.8) is 0 Å². The van der Waals surface area contributed by atoms with Crippen molar-refractivity contribution in [2.24, 2.45) is 5.41 Å². The summed E-state index contributed by atoms with van der Waals surface area (Å²) in [7, 11) is 0. The predicted octanol–water partition coefficient (Wildman–Crippen LogP) is 0.798. The van der Waals surface area contributed by atoms with E-state index in [1.807, 2.05) is 32.1 Å². The van der Waals surface area contributed by atoms with Gasteiger partial charge in [-0.15, -0.1) is 0 Å². The monoisotopic (exact) mass is 489 g/mol. The lowest BCUT2D eigenvalue weighted by Crippen LogP contribution is -2.62. The van der Waals surface area contributed by atoms with Crippen LogP contribution in [-0.4, -0.2) is 63.7 Å². The highest BCUT2D eigenvalue weighted by atomic mass is 16.7. The molecule has 0 spiro atoms. The number of hydrogen-bond donors (Lipinski definition) is 3. The van der Waals surface area contributed by atoms with Crippen LogP contribution >= 0.6 is 0 Å². The molecule has 0 aromatic rings. The van der Waals surface area contributed by atoms with Crippen molar-refractivity contribution in [3.05, 3.63) is 58.7 Å². The molecule has 0 bridgehead atoms. The van der Waals surface area contributed by atoms with Crippen LogP contribution in [0.5, 0.6) is 0 Å². The first-order valence-electron chi connectivity index (χ1n) is 11.3. The number of carbonyl (C=O) groups is 3. The fourth-order valence-corrected chi connectivity index (χ4v) is 3.90. The smallest absolute Gasteiger partial charge is 0.333 e. The summed E-state index contributed by atoms with van der Waals surface area (Å²) in [6.07, 6.45) is 2.11. The first-order valence-corrected chi connectivity index (χ1v) is 11.3. The molecule has 0 aromatic heterocycles. The van der Waals surface area contributed by atoms with Crippen LogP contribution in [-0.2, 0) is 23.9 Å². The number of carbonyl (C=O) groups excluding carboxylic acids is 3. The third-order valence-corrected chi connectivity index (χ3v) is 6.14. The summed E-state index contributed by atoms with van der Waals surface area (Å²) in [5.41, 5.74) is 3.15. The average Bonchev–Trinajstić information content (AvgIpc) is 2.76. The van der Waals surface area contributed by atoms with Crippen LogP contribution in [0.2, 0.25) is 0 Å². The van der Waals surface area contributed by atoms with Crippen molar-refractivity contribution in [2.75, 3.05) is 0 Å². The van der Waals surface area contributed by atoms with Crippen LogP contribution in [0.15, 0.2) is 58.7 Å². The summed E-state index contributed by atoms with van der Waals surface area (Å²) < 4.78 is 9.76. The van der Waals surface area contributed by atoms with Crippen molar-refractivity contribution in [1.29, 1.82) is 0 Å². The third-order valence-electron chi connectivity index (χ3n) is 6.14. The maximum absolute atomic E-state index is 12.1. The van der Waals surface area contributed by atoms with E-state index >= 15 is 0 Å². The Morgan fingerprint density at radius 2 is 1.74 bits per heavy atom. The topological polar surface area (TPSA) is 153 Å². The first kappa shape index (κ1) is 28.4. The number of hydrogen-bond acceptors (Lipinski definition) is 9. The Morgan fingerprint density at radius 3 is 2.37 bits per heavy atom. The summed E-state index contributed by atoms with van der Waals surface area (Å²) in [6.45, 7) is 9.62. The second kappa shape index (κ2) is 11.7. The summed E-state index contributed by atoms with van der Waals surface area (Å²) in [5, 5.41) is 40.3. The van der Waals surface area contributed by atoms with Gasteiger partial charge < -0.3 is 34.7 Å². The maximum atomic E-state index is 12.1. The van der Waals surface area contributed by atoms with Gasteiger partial charge >= 0.3 is 5.97 Å². The van der Waals surface area contributed by atoms with Gasteiger partial charge in [0.1, 0.15) is 24.4 Å². The van der Waals surface area contributed by atoms with Crippen molar-refractivity contribution in [2.45, 2.75) is 78.2 Å². The van der Waals surface area contributed by atoms with E-state index in [0.29, 0.717) is 12.0 Å². The number of aliphatic hydroxyl groups excluding tert-OH is 3. The summed E-state index contributed by atoms with van der Waals surface area (Å²) in [4.78, 5) is 35.2. The van der Waals surface area contributed by atoms with E-state index in [2.05, 4.69) is 13.8 Å². The van der Waals surface area contributed by atoms with Gasteiger partial charge in [0.25, 0.3) is 0 Å². The van der Waals surface area contributed by atoms with Gasteiger partial charge in [0.05, 0.1) is 5.97 Å². The van der Waals surface area contributed by atoms with Gasteiger partial charge in [-0.25, -0.2) is 4.79 Å². The Labute approximate surface area is 204 Å². The van der Waals surface area contributed by atoms with E-state index in [1.165, 1.54) is 0 Å². The SMILES string of the molecule is CC1=C(/C=C/C(C)=C/C=C/C(C)=C/C(=O)O[C@@H]2O[C@H](C(=O)[O-])[C@@H](O)[C@H](O)[C@H]2O)C(C)(C)CCC1=O. The van der Waals surface area contributed by atoms with Gasteiger partial charge in [0.2, 0.25) is 6.29 Å². The zero-order chi connectivity index (χ0) is 26.5. The largest absolute Gasteiger partial charge is 0.547 e. The molecule has 5 atom stereocenters. The summed E-state index contributed by atoms with van der Waals surface area (Å²) >= 11 is 0. The number of aliphatic carboxylic acids is 1. The van der Waals surface area contributed by atoms with E-state index < -0.39 is 42.6 Å². The Hall–Kier alpha value is -2.85. The second-order valence-corrected chi connectivity index (χ2v) is 9.49. The molecule has 1 aliphatic heterocycles. The van der Waals surface area contributed by atoms with Crippen LogP contribution in [0.3, 0.4) is 0 Å². The normalized spacial score (nSPS) is 30.3. The standard InChI is InChI=1S/C26H34O9/c1-14(9-10-17-16(3)18(27)11-12-26(17,4)5)7-6-8-15(2)13-19(28)34-25-22(31)20(29)21(30)23(35-25)24(32)33/h6-10,13,20-23,25,29-31H,11-12H2,1-5H3,(H,32,33)/p-1/b8-6+,10-9+,14-7+,15-13+/t20-,21-,22+,23-,25+/m0/s1. The van der Waals surface area contributed by atoms with Crippen molar-refractivity contribution < 1.29 is 44.3 Å². The number of esters is 1. The number of allylic oxidation sites excluding steroid dienone is 9. The highest BCUT2D eigenvalue weighted by Crippen LogP contribution is 2.39. The molecule has 1 saturated heterocycles. The molecule has 35 heavy (non-hydrogen) atoms. The Bertz CT molecular complexity index is 996. The van der Waals surface area contributed by atoms with E-state index in [4.69, 9.17) is 9.47 Å². The van der Waals surface area contributed by atoms with Gasteiger partial charge in [-0.05, 0) is 49.3 Å². The maximum Gasteiger partial charge on any atom is 0.333 e. The minimum absolute atomic E-state index is 0.0744. The molecule has 9 nitrogen and oxygen atoms in total. The lowest BCUT2D eigenvalue weighted by molar-refractivity contribution is -0.345. The quantitative estimate of drug-likeness (QED) is 0.268. The number of carboxylic acid groups (broad SMARTS) is 1. The number of Topliss-reactive ketones (excluding diaryl/α,β-unsaturated/α-hetero) is 1. The molecule has 0 radical (unpaired) electrons. The zero-order valence-corrected chi connectivity index (χ0v) is 20.6. The fraction of sp³-hybridized carbons (Fsp3) is 0.500. The highest BCUT2D eigenvalue weighted by molar-refractivity contribution is 5.97. The van der Waals surface area contributed by atoms with Gasteiger partial charge in [-0.3, -0.25) is 4.79 Å². The van der Waals surface area contributed by atoms with E-state index in [1.54, 1.807) is 19.1 Å². The molecular weight excluding hydrogens is 456 g/mol. The van der Waals surface area contributed by atoms with Crippen molar-refractivity contribution in [1.82, 2.24) is 0 Å². The number of aliphatic hydroxyl groups is 3. The molecule has 1 fully saturated rings. The molecule has 3 N–H and O–H groups in total. The van der Waals surface area contributed by atoms with Gasteiger partial charge in [-0.2, -0.15) is 0 Å². The van der Waals surface area contributed by atoms with Crippen LogP contribution in [0, 0.1) is 5.41 Å². The molecule has 2 rings (SSSR count). The Kier molecular flexibility index (Phi) is 9.51. The van der Waals surface area contributed by atoms with E-state index in [0.717, 1.165) is 29.2 Å². The van der Waals surface area contributed by atoms with E-state index in [-0.39, 0.29) is 11.2 Å². The second-order valence-electron chi connectivity index (χ2n) is 9.49. The molecule has 0 saturated carbocycles. The molecule has 2 aliphatic rings. The Morgan fingerprint density at radius 1 is 1.09 bits per heavy atom. The molecule has 0 aromatic carbocycles. The van der Waals surface area contributed by atoms with E-state index in [9.17, 15) is 34.8 Å². The highest BCUT2D eigenvalue weighted by Gasteiger charge is 2.46. The van der Waals surface area contributed by atoms with Gasteiger partial charge in [-0.1, -0.05) is 49.8 Å². The molecule has 0 unspecified atom stereocenters. The molecular formula is C26H33O9-. The molecule has 192 valence electrons. The van der Waals surface area contributed by atoms with Crippen LogP contribution in [0.4, 0.5) is 0 Å². The first-order chi connectivity index (χ1) is 16.2. The van der Waals surface area contributed by atoms with Crippen molar-refractivity contribution in [3.8, 4) is 0 Å². The minimum Gasteiger partial charge on any atom is -0.547 e. The summed E-state index contributed by atoms with van der Waals surface area (Å²) in [6, 6.07) is 0. The van der Waals surface area contributed by atoms with Crippen LogP contribution in [0.25, 0.3) is 0 Å². The number of ether oxygens (including phenoxy) is 2.